The third kappa shape index (κ3) is 2.88. The molecule has 0 saturated heterocycles. The Morgan fingerprint density at radius 3 is 2.92 bits per heavy atom. The van der Waals surface area contributed by atoms with Crippen LogP contribution in [0.25, 0.3) is 0 Å². The van der Waals surface area contributed by atoms with Crippen LogP contribution in [0.4, 0.5) is 16.4 Å². The van der Waals surface area contributed by atoms with Gasteiger partial charge in [0.25, 0.3) is 5.69 Å². The molecule has 0 bridgehead atoms. The van der Waals surface area contributed by atoms with Gasteiger partial charge in [0.1, 0.15) is 11.1 Å². The first-order valence-electron chi connectivity index (χ1n) is 7.38. The monoisotopic (exact) mass is 358 g/mol. The quantitative estimate of drug-likeness (QED) is 0.508. The molecular weight excluding hydrogens is 344 g/mol. The van der Waals surface area contributed by atoms with E-state index >= 15 is 0 Å². The molecule has 9 heteroatoms. The Morgan fingerprint density at radius 1 is 1.52 bits per heavy atom. The number of anilines is 2. The first-order chi connectivity index (χ1) is 12.0. The second-order valence-electron chi connectivity index (χ2n) is 5.48. The van der Waals surface area contributed by atoms with Gasteiger partial charge in [0.05, 0.1) is 35.4 Å². The molecule has 2 heterocycles. The van der Waals surface area contributed by atoms with Crippen LogP contribution in [-0.4, -0.2) is 24.5 Å². The Kier molecular flexibility index (Phi) is 4.29. The molecule has 25 heavy (non-hydrogen) atoms. The van der Waals surface area contributed by atoms with E-state index in [-0.39, 0.29) is 11.3 Å². The topological polar surface area (TPSA) is 122 Å². The molecule has 2 aromatic rings. The van der Waals surface area contributed by atoms with Gasteiger partial charge in [0.15, 0.2) is 0 Å². The van der Waals surface area contributed by atoms with Crippen molar-refractivity contribution in [2.75, 3.05) is 24.3 Å². The van der Waals surface area contributed by atoms with Crippen LogP contribution in [0.15, 0.2) is 18.2 Å². The molecular formula is C16H14N4O4S. The number of fused-ring (bicyclic) bond motifs is 1. The van der Waals surface area contributed by atoms with Gasteiger partial charge in [-0.25, -0.2) is 4.79 Å². The van der Waals surface area contributed by atoms with Gasteiger partial charge in [0, 0.05) is 23.6 Å². The maximum atomic E-state index is 12.1. The number of nitrogen functional groups attached to an aromatic ring is 1. The van der Waals surface area contributed by atoms with Crippen LogP contribution in [0.2, 0.25) is 0 Å². The third-order valence-electron chi connectivity index (χ3n) is 4.13. The number of thiophene rings is 1. The van der Waals surface area contributed by atoms with Crippen molar-refractivity contribution in [2.24, 2.45) is 0 Å². The number of benzene rings is 1. The lowest BCUT2D eigenvalue weighted by Crippen LogP contribution is -2.31. The summed E-state index contributed by atoms with van der Waals surface area (Å²) in [5.74, 6) is -0.632. The second kappa shape index (κ2) is 6.41. The van der Waals surface area contributed by atoms with Gasteiger partial charge in [-0.15, -0.1) is 11.3 Å². The summed E-state index contributed by atoms with van der Waals surface area (Å²) in [4.78, 5) is 25.4. The van der Waals surface area contributed by atoms with Gasteiger partial charge in [-0.3, -0.25) is 10.1 Å². The third-order valence-corrected chi connectivity index (χ3v) is 5.18. The summed E-state index contributed by atoms with van der Waals surface area (Å²) in [6.07, 6.45) is 0.615. The molecule has 0 fully saturated rings. The molecule has 3 rings (SSSR count). The summed E-state index contributed by atoms with van der Waals surface area (Å²) >= 11 is 1.36. The zero-order chi connectivity index (χ0) is 18.1. The van der Waals surface area contributed by atoms with Crippen molar-refractivity contribution >= 4 is 33.7 Å². The first-order valence-corrected chi connectivity index (χ1v) is 8.19. The number of carbonyl (C=O) groups is 1. The van der Waals surface area contributed by atoms with Gasteiger partial charge in [-0.05, 0) is 18.1 Å². The number of hydrogen-bond acceptors (Lipinski definition) is 8. The molecule has 1 aliphatic heterocycles. The van der Waals surface area contributed by atoms with E-state index in [1.54, 1.807) is 6.07 Å². The number of hydrogen-bond donors (Lipinski definition) is 1. The van der Waals surface area contributed by atoms with E-state index < -0.39 is 10.9 Å². The minimum Gasteiger partial charge on any atom is -0.465 e. The summed E-state index contributed by atoms with van der Waals surface area (Å²) in [5.41, 5.74) is 7.90. The lowest BCUT2D eigenvalue weighted by atomic mass is 10.0. The molecule has 0 saturated carbocycles. The number of methoxy groups -OCH3 is 1. The van der Waals surface area contributed by atoms with Crippen molar-refractivity contribution in [2.45, 2.75) is 13.0 Å². The van der Waals surface area contributed by atoms with Crippen LogP contribution in [0, 0.1) is 21.4 Å². The predicted molar refractivity (Wildman–Crippen MR) is 92.6 cm³/mol. The smallest absolute Gasteiger partial charge is 0.340 e. The van der Waals surface area contributed by atoms with Crippen LogP contribution >= 0.6 is 11.3 Å². The fraction of sp³-hybridized carbons (Fsp3) is 0.250. The number of nitro groups is 1. The van der Waals surface area contributed by atoms with Crippen molar-refractivity contribution in [3.8, 4) is 6.07 Å². The SMILES string of the molecule is COC(=O)c1cc([N+](=O)[O-])ccc1N1CCc2c(sc(N)c2C#N)C1. The number of carbonyl (C=O) groups excluding carboxylic acids is 1. The highest BCUT2D eigenvalue weighted by atomic mass is 32.1. The lowest BCUT2D eigenvalue weighted by Gasteiger charge is -2.30. The van der Waals surface area contributed by atoms with Crippen LogP contribution in [0.1, 0.15) is 26.4 Å². The zero-order valence-corrected chi connectivity index (χ0v) is 14.1. The van der Waals surface area contributed by atoms with Crippen LogP contribution < -0.4 is 10.6 Å². The standard InChI is InChI=1S/C16H14N4O4S/c1-24-16(21)11-6-9(20(22)23)2-3-13(11)19-5-4-10-12(7-17)15(18)25-14(10)8-19/h2-3,6H,4-5,8,18H2,1H3. The van der Waals surface area contributed by atoms with E-state index in [0.717, 1.165) is 10.4 Å². The van der Waals surface area contributed by atoms with Gasteiger partial charge < -0.3 is 15.4 Å². The average Bonchev–Trinajstić information content (AvgIpc) is 2.94. The summed E-state index contributed by atoms with van der Waals surface area (Å²) in [6, 6.07) is 6.27. The molecule has 0 spiro atoms. The molecule has 1 aromatic carbocycles. The number of nitro benzene ring substituents is 1. The number of rotatable bonds is 3. The molecule has 2 N–H and O–H groups in total. The maximum absolute atomic E-state index is 12.1. The number of nitrogens with zero attached hydrogens (tertiary/aromatic N) is 3. The van der Waals surface area contributed by atoms with Crippen LogP contribution in [0.3, 0.4) is 0 Å². The lowest BCUT2D eigenvalue weighted by molar-refractivity contribution is -0.384. The highest BCUT2D eigenvalue weighted by Crippen LogP contribution is 2.37. The number of ether oxygens (including phenoxy) is 1. The minimum absolute atomic E-state index is 0.144. The van der Waals surface area contributed by atoms with E-state index in [2.05, 4.69) is 6.07 Å². The molecule has 0 unspecified atom stereocenters. The highest BCUT2D eigenvalue weighted by molar-refractivity contribution is 7.16. The predicted octanol–water partition coefficient (Wildman–Crippen LogP) is 2.46. The maximum Gasteiger partial charge on any atom is 0.340 e. The Labute approximate surface area is 147 Å². The zero-order valence-electron chi connectivity index (χ0n) is 13.3. The van der Waals surface area contributed by atoms with Crippen molar-refractivity contribution in [3.05, 3.63) is 49.9 Å². The number of nitriles is 1. The summed E-state index contributed by atoms with van der Waals surface area (Å²) in [5, 5.41) is 20.7. The second-order valence-corrected chi connectivity index (χ2v) is 6.61. The average molecular weight is 358 g/mol. The summed E-state index contributed by atoms with van der Waals surface area (Å²) < 4.78 is 4.76. The van der Waals surface area contributed by atoms with Gasteiger partial charge >= 0.3 is 5.97 Å². The largest absolute Gasteiger partial charge is 0.465 e. The highest BCUT2D eigenvalue weighted by Gasteiger charge is 2.27. The normalized spacial score (nSPS) is 13.0. The van der Waals surface area contributed by atoms with Crippen molar-refractivity contribution in [1.82, 2.24) is 0 Å². The first kappa shape index (κ1) is 16.7. The number of non-ortho nitro benzene ring substituents is 1. The molecule has 0 atom stereocenters. The summed E-state index contributed by atoms with van der Waals surface area (Å²) in [7, 11) is 1.23. The summed E-state index contributed by atoms with van der Waals surface area (Å²) in [6.45, 7) is 1.05. The molecule has 128 valence electrons. The van der Waals surface area contributed by atoms with Crippen molar-refractivity contribution in [3.63, 3.8) is 0 Å². The molecule has 0 radical (unpaired) electrons. The van der Waals surface area contributed by atoms with Crippen LogP contribution in [-0.2, 0) is 17.7 Å². The Hall–Kier alpha value is -3.12. The molecule has 0 amide bonds. The van der Waals surface area contributed by atoms with Gasteiger partial charge in [-0.1, -0.05) is 0 Å². The molecule has 0 aliphatic carbocycles. The van der Waals surface area contributed by atoms with Gasteiger partial charge in [-0.2, -0.15) is 5.26 Å². The number of esters is 1. The van der Waals surface area contributed by atoms with Crippen LogP contribution in [0.5, 0.6) is 0 Å². The fourth-order valence-corrected chi connectivity index (χ4v) is 4.02. The van der Waals surface area contributed by atoms with E-state index in [1.807, 2.05) is 4.90 Å². The molecule has 1 aromatic heterocycles. The Bertz CT molecular complexity index is 916. The molecule has 1 aliphatic rings. The van der Waals surface area contributed by atoms with E-state index in [4.69, 9.17) is 10.5 Å². The van der Waals surface area contributed by atoms with E-state index in [9.17, 15) is 20.2 Å². The van der Waals surface area contributed by atoms with E-state index in [1.165, 1.54) is 30.6 Å². The van der Waals surface area contributed by atoms with Crippen molar-refractivity contribution < 1.29 is 14.5 Å². The van der Waals surface area contributed by atoms with Crippen molar-refractivity contribution in [1.29, 1.82) is 5.26 Å². The Balaban J connectivity index is 2.01. The Morgan fingerprint density at radius 2 is 2.28 bits per heavy atom. The minimum atomic E-state index is -0.632. The van der Waals surface area contributed by atoms with E-state index in [0.29, 0.717) is 35.8 Å². The number of nitrogens with two attached hydrogens (primary N) is 1. The molecule has 8 nitrogen and oxygen atoms in total. The fourth-order valence-electron chi connectivity index (χ4n) is 2.94. The van der Waals surface area contributed by atoms with Gasteiger partial charge in [0.2, 0.25) is 0 Å².